The lowest BCUT2D eigenvalue weighted by Gasteiger charge is -2.27. The second-order valence-electron chi connectivity index (χ2n) is 6.90. The van der Waals surface area contributed by atoms with Gasteiger partial charge in [0.15, 0.2) is 5.69 Å². The molecular formula is C23H21N3O4. The molecule has 1 aromatic heterocycles. The van der Waals surface area contributed by atoms with Gasteiger partial charge in [0.1, 0.15) is 5.82 Å². The predicted molar refractivity (Wildman–Crippen MR) is 111 cm³/mol. The van der Waals surface area contributed by atoms with E-state index in [0.29, 0.717) is 11.4 Å². The van der Waals surface area contributed by atoms with Gasteiger partial charge in [-0.25, -0.2) is 9.78 Å². The third-order valence-electron chi connectivity index (χ3n) is 5.17. The summed E-state index contributed by atoms with van der Waals surface area (Å²) in [5.41, 5.74) is 1.21. The van der Waals surface area contributed by atoms with Gasteiger partial charge in [-0.3, -0.25) is 9.36 Å². The Labute approximate surface area is 173 Å². The monoisotopic (exact) mass is 403 g/mol. The SMILES string of the molecule is COc1c(C(=O)O)nc(C(C)C(c2ccccc2)c2ccccc2C#N)n(C)c1=O. The van der Waals surface area contributed by atoms with Gasteiger partial charge in [0.2, 0.25) is 5.75 Å². The molecule has 0 aliphatic rings. The quantitative estimate of drug-likeness (QED) is 0.677. The molecule has 3 aromatic rings. The van der Waals surface area contributed by atoms with Gasteiger partial charge in [-0.05, 0) is 17.2 Å². The highest BCUT2D eigenvalue weighted by atomic mass is 16.5. The van der Waals surface area contributed by atoms with Crippen molar-refractivity contribution in [1.29, 1.82) is 5.26 Å². The van der Waals surface area contributed by atoms with E-state index in [1.165, 1.54) is 18.7 Å². The van der Waals surface area contributed by atoms with Crippen LogP contribution in [0.15, 0.2) is 59.4 Å². The maximum Gasteiger partial charge on any atom is 0.358 e. The van der Waals surface area contributed by atoms with Crippen LogP contribution in [-0.2, 0) is 7.05 Å². The van der Waals surface area contributed by atoms with Crippen molar-refractivity contribution in [2.75, 3.05) is 7.11 Å². The average molecular weight is 403 g/mol. The molecule has 2 atom stereocenters. The van der Waals surface area contributed by atoms with Crippen molar-refractivity contribution in [2.24, 2.45) is 7.05 Å². The first kappa shape index (κ1) is 20.8. The van der Waals surface area contributed by atoms with Gasteiger partial charge in [0.05, 0.1) is 18.7 Å². The van der Waals surface area contributed by atoms with Crippen molar-refractivity contribution in [3.63, 3.8) is 0 Å². The van der Waals surface area contributed by atoms with E-state index in [2.05, 4.69) is 11.1 Å². The number of benzene rings is 2. The minimum Gasteiger partial charge on any atom is -0.489 e. The summed E-state index contributed by atoms with van der Waals surface area (Å²) in [7, 11) is 2.78. The maximum absolute atomic E-state index is 12.8. The Bertz CT molecular complexity index is 1180. The minimum atomic E-state index is -1.34. The standard InChI is InChI=1S/C23H21N3O4/c1-14(21-25-19(23(28)29)20(30-3)22(27)26(21)2)18(15-9-5-4-6-10-15)17-12-8-7-11-16(17)13-24/h4-12,14,18H,1-3H3,(H,28,29). The number of rotatable bonds is 6. The number of nitrogens with zero attached hydrogens (tertiary/aromatic N) is 3. The van der Waals surface area contributed by atoms with E-state index >= 15 is 0 Å². The van der Waals surface area contributed by atoms with Crippen LogP contribution in [0.3, 0.4) is 0 Å². The fourth-order valence-electron chi connectivity index (χ4n) is 3.75. The number of carbonyl (C=O) groups is 1. The van der Waals surface area contributed by atoms with Crippen molar-refractivity contribution in [1.82, 2.24) is 9.55 Å². The average Bonchev–Trinajstić information content (AvgIpc) is 2.76. The van der Waals surface area contributed by atoms with Gasteiger partial charge in [-0.15, -0.1) is 0 Å². The van der Waals surface area contributed by atoms with Crippen molar-refractivity contribution in [2.45, 2.75) is 18.8 Å². The molecule has 0 saturated heterocycles. The molecular weight excluding hydrogens is 382 g/mol. The molecule has 2 aromatic carbocycles. The first-order chi connectivity index (χ1) is 14.4. The molecule has 3 rings (SSSR count). The van der Waals surface area contributed by atoms with Crippen LogP contribution in [0, 0.1) is 11.3 Å². The van der Waals surface area contributed by atoms with E-state index in [0.717, 1.165) is 11.1 Å². The maximum atomic E-state index is 12.8. The number of carboxylic acid groups (broad SMARTS) is 1. The van der Waals surface area contributed by atoms with Crippen molar-refractivity contribution < 1.29 is 14.6 Å². The second kappa shape index (κ2) is 8.62. The molecule has 0 amide bonds. The van der Waals surface area contributed by atoms with Crippen molar-refractivity contribution in [3.05, 3.63) is 93.2 Å². The van der Waals surface area contributed by atoms with Crippen LogP contribution in [0.4, 0.5) is 0 Å². The summed E-state index contributed by atoms with van der Waals surface area (Å²) >= 11 is 0. The molecule has 7 heteroatoms. The van der Waals surface area contributed by atoms with Gasteiger partial charge in [-0.1, -0.05) is 55.5 Å². The Morgan fingerprint density at radius 1 is 1.17 bits per heavy atom. The van der Waals surface area contributed by atoms with E-state index in [9.17, 15) is 20.0 Å². The molecule has 7 nitrogen and oxygen atoms in total. The summed E-state index contributed by atoms with van der Waals surface area (Å²) in [6, 6.07) is 19.0. The highest BCUT2D eigenvalue weighted by Gasteiger charge is 2.30. The third-order valence-corrected chi connectivity index (χ3v) is 5.17. The molecule has 0 aliphatic carbocycles. The fraction of sp³-hybridized carbons (Fsp3) is 0.217. The van der Waals surface area contributed by atoms with Gasteiger partial charge < -0.3 is 9.84 Å². The number of carboxylic acids is 1. The van der Waals surface area contributed by atoms with Gasteiger partial charge in [0.25, 0.3) is 5.56 Å². The van der Waals surface area contributed by atoms with E-state index in [4.69, 9.17) is 4.74 Å². The zero-order valence-electron chi connectivity index (χ0n) is 16.9. The molecule has 0 spiro atoms. The van der Waals surface area contributed by atoms with Crippen LogP contribution >= 0.6 is 0 Å². The molecule has 1 N–H and O–H groups in total. The Kier molecular flexibility index (Phi) is 5.98. The number of methoxy groups -OCH3 is 1. The lowest BCUT2D eigenvalue weighted by molar-refractivity contribution is 0.0685. The van der Waals surface area contributed by atoms with Gasteiger partial charge in [-0.2, -0.15) is 5.26 Å². The Balaban J connectivity index is 2.28. The summed E-state index contributed by atoms with van der Waals surface area (Å²) in [4.78, 5) is 28.7. The van der Waals surface area contributed by atoms with Crippen LogP contribution < -0.4 is 10.3 Å². The van der Waals surface area contributed by atoms with Crippen LogP contribution in [0.5, 0.6) is 5.75 Å². The zero-order valence-corrected chi connectivity index (χ0v) is 16.9. The molecule has 0 saturated carbocycles. The molecule has 30 heavy (non-hydrogen) atoms. The van der Waals surface area contributed by atoms with Crippen molar-refractivity contribution in [3.8, 4) is 11.8 Å². The van der Waals surface area contributed by atoms with Crippen molar-refractivity contribution >= 4 is 5.97 Å². The number of aromatic carboxylic acids is 1. The smallest absolute Gasteiger partial charge is 0.358 e. The number of hydrogen-bond donors (Lipinski definition) is 1. The van der Waals surface area contributed by atoms with Crippen LogP contribution in [0.1, 0.15) is 51.8 Å². The second-order valence-corrected chi connectivity index (χ2v) is 6.90. The highest BCUT2D eigenvalue weighted by molar-refractivity contribution is 5.88. The summed E-state index contributed by atoms with van der Waals surface area (Å²) in [6.07, 6.45) is 0. The summed E-state index contributed by atoms with van der Waals surface area (Å²) < 4.78 is 6.31. The first-order valence-electron chi connectivity index (χ1n) is 9.32. The zero-order chi connectivity index (χ0) is 21.8. The number of aromatic nitrogens is 2. The Hall–Kier alpha value is -3.92. The largest absolute Gasteiger partial charge is 0.489 e. The van der Waals surface area contributed by atoms with Crippen LogP contribution in [-0.4, -0.2) is 27.7 Å². The molecule has 2 unspecified atom stereocenters. The van der Waals surface area contributed by atoms with E-state index in [1.807, 2.05) is 49.4 Å². The fourth-order valence-corrected chi connectivity index (χ4v) is 3.75. The Morgan fingerprint density at radius 2 is 1.80 bits per heavy atom. The molecule has 0 aliphatic heterocycles. The van der Waals surface area contributed by atoms with E-state index in [-0.39, 0.29) is 11.7 Å². The molecule has 152 valence electrons. The summed E-state index contributed by atoms with van der Waals surface area (Å²) in [5.74, 6) is -2.10. The summed E-state index contributed by atoms with van der Waals surface area (Å²) in [6.45, 7) is 1.87. The number of ether oxygens (including phenoxy) is 1. The van der Waals surface area contributed by atoms with Gasteiger partial charge in [0, 0.05) is 18.9 Å². The molecule has 0 fully saturated rings. The number of nitriles is 1. The summed E-state index contributed by atoms with van der Waals surface area (Å²) in [5, 5.41) is 19.2. The van der Waals surface area contributed by atoms with Gasteiger partial charge >= 0.3 is 5.97 Å². The normalized spacial score (nSPS) is 12.6. The van der Waals surface area contributed by atoms with E-state index < -0.39 is 23.1 Å². The molecule has 0 radical (unpaired) electrons. The lowest BCUT2D eigenvalue weighted by atomic mass is 9.79. The Morgan fingerprint density at radius 3 is 2.40 bits per heavy atom. The van der Waals surface area contributed by atoms with Crippen LogP contribution in [0.2, 0.25) is 0 Å². The topological polar surface area (TPSA) is 105 Å². The first-order valence-corrected chi connectivity index (χ1v) is 9.32. The third kappa shape index (κ3) is 3.67. The highest BCUT2D eigenvalue weighted by Crippen LogP contribution is 2.39. The lowest BCUT2D eigenvalue weighted by Crippen LogP contribution is -2.29. The molecule has 1 heterocycles. The van der Waals surface area contributed by atoms with E-state index in [1.54, 1.807) is 12.1 Å². The minimum absolute atomic E-state index is 0.291. The molecule has 0 bridgehead atoms. The van der Waals surface area contributed by atoms with Crippen LogP contribution in [0.25, 0.3) is 0 Å². The number of hydrogen-bond acceptors (Lipinski definition) is 5. The predicted octanol–water partition coefficient (Wildman–Crippen LogP) is 3.29.